The molecule has 3 heteroatoms. The third-order valence-corrected chi connectivity index (χ3v) is 3.51. The predicted molar refractivity (Wildman–Crippen MR) is 78.0 cm³/mol. The molecule has 0 amide bonds. The van der Waals surface area contributed by atoms with Crippen LogP contribution in [0.4, 0.5) is 5.69 Å². The van der Waals surface area contributed by atoms with Crippen molar-refractivity contribution in [2.45, 2.75) is 19.3 Å². The Balaban J connectivity index is 1.94. The molecule has 0 spiro atoms. The SMILES string of the molecule is C=CC1=C(Nc2ccc3cc[nH]c3c2)CCCC1=O. The third kappa shape index (κ3) is 2.19. The van der Waals surface area contributed by atoms with Crippen molar-refractivity contribution in [2.75, 3.05) is 5.32 Å². The number of H-pyrrole nitrogens is 1. The van der Waals surface area contributed by atoms with E-state index >= 15 is 0 Å². The van der Waals surface area contributed by atoms with Gasteiger partial charge in [0, 0.05) is 35.1 Å². The molecule has 0 saturated heterocycles. The number of Topliss-reactive ketones (excluding diaryl/α,β-unsaturated/α-hetero) is 1. The summed E-state index contributed by atoms with van der Waals surface area (Å²) < 4.78 is 0. The number of carbonyl (C=O) groups is 1. The minimum atomic E-state index is 0.185. The van der Waals surface area contributed by atoms with E-state index in [1.807, 2.05) is 18.3 Å². The average molecular weight is 252 g/mol. The molecule has 0 atom stereocenters. The molecule has 1 aromatic carbocycles. The first-order valence-electron chi connectivity index (χ1n) is 6.51. The zero-order chi connectivity index (χ0) is 13.2. The summed E-state index contributed by atoms with van der Waals surface area (Å²) in [6, 6.07) is 8.19. The van der Waals surface area contributed by atoms with E-state index in [4.69, 9.17) is 0 Å². The fourth-order valence-electron chi connectivity index (χ4n) is 2.53. The first-order chi connectivity index (χ1) is 9.28. The summed E-state index contributed by atoms with van der Waals surface area (Å²) in [6.45, 7) is 3.74. The van der Waals surface area contributed by atoms with Gasteiger partial charge in [0.15, 0.2) is 5.78 Å². The van der Waals surface area contributed by atoms with Crippen molar-refractivity contribution in [1.82, 2.24) is 4.98 Å². The summed E-state index contributed by atoms with van der Waals surface area (Å²) in [6.07, 6.45) is 6.02. The van der Waals surface area contributed by atoms with Gasteiger partial charge >= 0.3 is 0 Å². The van der Waals surface area contributed by atoms with Crippen LogP contribution in [0.25, 0.3) is 10.9 Å². The number of aromatic amines is 1. The highest BCUT2D eigenvalue weighted by atomic mass is 16.1. The van der Waals surface area contributed by atoms with Crippen LogP contribution in [0.15, 0.2) is 54.4 Å². The Morgan fingerprint density at radius 1 is 1.26 bits per heavy atom. The zero-order valence-electron chi connectivity index (χ0n) is 10.7. The quantitative estimate of drug-likeness (QED) is 0.873. The number of ketones is 1. The van der Waals surface area contributed by atoms with Crippen molar-refractivity contribution in [3.8, 4) is 0 Å². The molecule has 1 aromatic heterocycles. The van der Waals surface area contributed by atoms with Gasteiger partial charge in [-0.15, -0.1) is 0 Å². The number of aromatic nitrogens is 1. The van der Waals surface area contributed by atoms with Crippen LogP contribution in [-0.2, 0) is 4.79 Å². The molecule has 1 heterocycles. The fourth-order valence-corrected chi connectivity index (χ4v) is 2.53. The maximum Gasteiger partial charge on any atom is 0.164 e. The Hall–Kier alpha value is -2.29. The Morgan fingerprint density at radius 2 is 2.16 bits per heavy atom. The lowest BCUT2D eigenvalue weighted by molar-refractivity contribution is -0.115. The second kappa shape index (κ2) is 4.76. The van der Waals surface area contributed by atoms with Gasteiger partial charge in [0.2, 0.25) is 0 Å². The number of rotatable bonds is 3. The van der Waals surface area contributed by atoms with Crippen molar-refractivity contribution in [3.63, 3.8) is 0 Å². The van der Waals surface area contributed by atoms with Crippen LogP contribution >= 0.6 is 0 Å². The maximum atomic E-state index is 11.8. The fraction of sp³-hybridized carbons (Fsp3) is 0.188. The number of benzene rings is 1. The highest BCUT2D eigenvalue weighted by molar-refractivity contribution is 6.00. The number of nitrogens with one attached hydrogen (secondary N) is 2. The molecule has 0 bridgehead atoms. The minimum Gasteiger partial charge on any atom is -0.361 e. The molecule has 1 aliphatic carbocycles. The Morgan fingerprint density at radius 3 is 3.00 bits per heavy atom. The number of allylic oxidation sites excluding steroid dienone is 3. The maximum absolute atomic E-state index is 11.8. The van der Waals surface area contributed by atoms with Gasteiger partial charge in [0.25, 0.3) is 0 Å². The van der Waals surface area contributed by atoms with Gasteiger partial charge in [-0.3, -0.25) is 4.79 Å². The lowest BCUT2D eigenvalue weighted by Gasteiger charge is -2.19. The molecule has 0 saturated carbocycles. The molecule has 19 heavy (non-hydrogen) atoms. The lowest BCUT2D eigenvalue weighted by atomic mass is 9.95. The van der Waals surface area contributed by atoms with Gasteiger partial charge in [0.1, 0.15) is 0 Å². The molecule has 0 radical (unpaired) electrons. The van der Waals surface area contributed by atoms with E-state index in [2.05, 4.69) is 29.0 Å². The summed E-state index contributed by atoms with van der Waals surface area (Å²) in [5, 5.41) is 4.55. The summed E-state index contributed by atoms with van der Waals surface area (Å²) in [5.41, 5.74) is 3.81. The van der Waals surface area contributed by atoms with E-state index in [0.717, 1.165) is 35.3 Å². The summed E-state index contributed by atoms with van der Waals surface area (Å²) in [5.74, 6) is 0.185. The van der Waals surface area contributed by atoms with E-state index in [1.165, 1.54) is 5.39 Å². The number of hydrogen-bond donors (Lipinski definition) is 2. The molecule has 96 valence electrons. The summed E-state index contributed by atoms with van der Waals surface area (Å²) in [4.78, 5) is 15.0. The molecule has 2 aromatic rings. The highest BCUT2D eigenvalue weighted by Crippen LogP contribution is 2.26. The largest absolute Gasteiger partial charge is 0.361 e. The van der Waals surface area contributed by atoms with Crippen molar-refractivity contribution in [2.24, 2.45) is 0 Å². The molecular formula is C16H16N2O. The van der Waals surface area contributed by atoms with Crippen molar-refractivity contribution >= 4 is 22.4 Å². The lowest BCUT2D eigenvalue weighted by Crippen LogP contribution is -2.15. The minimum absolute atomic E-state index is 0.185. The second-order valence-electron chi connectivity index (χ2n) is 4.78. The van der Waals surface area contributed by atoms with Crippen molar-refractivity contribution in [3.05, 3.63) is 54.4 Å². The number of anilines is 1. The molecule has 0 aliphatic heterocycles. The van der Waals surface area contributed by atoms with E-state index in [1.54, 1.807) is 6.08 Å². The van der Waals surface area contributed by atoms with E-state index in [-0.39, 0.29) is 5.78 Å². The second-order valence-corrected chi connectivity index (χ2v) is 4.78. The number of carbonyl (C=O) groups excluding carboxylic acids is 1. The van der Waals surface area contributed by atoms with Crippen LogP contribution in [-0.4, -0.2) is 10.8 Å². The van der Waals surface area contributed by atoms with Gasteiger partial charge in [-0.25, -0.2) is 0 Å². The predicted octanol–water partition coefficient (Wildman–Crippen LogP) is 3.77. The average Bonchev–Trinajstić information content (AvgIpc) is 2.86. The number of hydrogen-bond acceptors (Lipinski definition) is 2. The molecule has 0 fully saturated rings. The van der Waals surface area contributed by atoms with Gasteiger partial charge < -0.3 is 10.3 Å². The molecule has 3 nitrogen and oxygen atoms in total. The van der Waals surface area contributed by atoms with Crippen molar-refractivity contribution in [1.29, 1.82) is 0 Å². The van der Waals surface area contributed by atoms with Crippen LogP contribution in [0.1, 0.15) is 19.3 Å². The van der Waals surface area contributed by atoms with Gasteiger partial charge in [-0.2, -0.15) is 0 Å². The van der Waals surface area contributed by atoms with Gasteiger partial charge in [0.05, 0.1) is 0 Å². The highest BCUT2D eigenvalue weighted by Gasteiger charge is 2.18. The van der Waals surface area contributed by atoms with Crippen LogP contribution < -0.4 is 5.32 Å². The first kappa shape index (κ1) is 11.8. The molecule has 2 N–H and O–H groups in total. The number of fused-ring (bicyclic) bond motifs is 1. The van der Waals surface area contributed by atoms with Crippen LogP contribution in [0, 0.1) is 0 Å². The Kier molecular flexibility index (Phi) is 2.95. The Bertz CT molecular complexity index is 679. The van der Waals surface area contributed by atoms with E-state index in [0.29, 0.717) is 6.42 Å². The van der Waals surface area contributed by atoms with Crippen LogP contribution in [0.5, 0.6) is 0 Å². The standard InChI is InChI=1S/C16H16N2O/c1-2-13-14(4-3-5-16(13)19)18-12-7-6-11-8-9-17-15(11)10-12/h2,6-10,17-18H,1,3-5H2. The first-order valence-corrected chi connectivity index (χ1v) is 6.51. The van der Waals surface area contributed by atoms with Crippen LogP contribution in [0.3, 0.4) is 0 Å². The zero-order valence-corrected chi connectivity index (χ0v) is 10.7. The third-order valence-electron chi connectivity index (χ3n) is 3.51. The molecule has 0 unspecified atom stereocenters. The van der Waals surface area contributed by atoms with Gasteiger partial charge in [-0.05, 0) is 36.4 Å². The monoisotopic (exact) mass is 252 g/mol. The molecule has 1 aliphatic rings. The van der Waals surface area contributed by atoms with E-state index < -0.39 is 0 Å². The molecular weight excluding hydrogens is 236 g/mol. The van der Waals surface area contributed by atoms with Crippen molar-refractivity contribution < 1.29 is 4.79 Å². The topological polar surface area (TPSA) is 44.9 Å². The van der Waals surface area contributed by atoms with E-state index in [9.17, 15) is 4.79 Å². The Labute approximate surface area is 112 Å². The summed E-state index contributed by atoms with van der Waals surface area (Å²) >= 11 is 0. The normalized spacial score (nSPS) is 15.9. The molecule has 3 rings (SSSR count). The summed E-state index contributed by atoms with van der Waals surface area (Å²) in [7, 11) is 0. The van der Waals surface area contributed by atoms with Crippen LogP contribution in [0.2, 0.25) is 0 Å². The smallest absolute Gasteiger partial charge is 0.164 e. The van der Waals surface area contributed by atoms with Gasteiger partial charge in [-0.1, -0.05) is 18.7 Å².